The second kappa shape index (κ2) is 6.14. The van der Waals surface area contributed by atoms with Crippen molar-refractivity contribution in [2.75, 3.05) is 25.5 Å². The summed E-state index contributed by atoms with van der Waals surface area (Å²) in [4.78, 5) is 14.6. The van der Waals surface area contributed by atoms with Gasteiger partial charge in [-0.3, -0.25) is 0 Å². The maximum Gasteiger partial charge on any atom is 0.333 e. The van der Waals surface area contributed by atoms with Crippen LogP contribution in [-0.2, 0) is 9.53 Å². The van der Waals surface area contributed by atoms with Crippen LogP contribution in [0.4, 0.5) is 5.69 Å². The van der Waals surface area contributed by atoms with Crippen molar-refractivity contribution < 1.29 is 9.53 Å². The quantitative estimate of drug-likeness (QED) is 0.855. The Morgan fingerprint density at radius 2 is 2.35 bits per heavy atom. The average Bonchev–Trinajstić information content (AvgIpc) is 2.66. The highest BCUT2D eigenvalue weighted by Gasteiger charge is 2.48. The molecule has 1 saturated heterocycles. The molecule has 0 spiro atoms. The number of carbonyl (C=O) groups is 1. The second-order valence-corrected chi connectivity index (χ2v) is 6.32. The van der Waals surface area contributed by atoms with E-state index in [-0.39, 0.29) is 5.97 Å². The van der Waals surface area contributed by atoms with E-state index in [1.165, 1.54) is 0 Å². The van der Waals surface area contributed by atoms with Crippen LogP contribution in [0.1, 0.15) is 20.3 Å². The lowest BCUT2D eigenvalue weighted by Gasteiger charge is -2.29. The first-order valence-electron chi connectivity index (χ1n) is 6.88. The summed E-state index contributed by atoms with van der Waals surface area (Å²) in [6.07, 6.45) is 0.745. The number of ether oxygens (including phenoxy) is 1. The molecular weight excluding hydrogens is 320 g/mol. The molecule has 20 heavy (non-hydrogen) atoms. The molecule has 110 valence electrons. The Morgan fingerprint density at radius 1 is 1.60 bits per heavy atom. The van der Waals surface area contributed by atoms with Gasteiger partial charge in [0.15, 0.2) is 0 Å². The Bertz CT molecular complexity index is 483. The largest absolute Gasteiger partial charge is 0.464 e. The van der Waals surface area contributed by atoms with Gasteiger partial charge in [-0.25, -0.2) is 4.79 Å². The van der Waals surface area contributed by atoms with Crippen LogP contribution < -0.4 is 5.32 Å². The Labute approximate surface area is 128 Å². The molecule has 0 amide bonds. The lowest BCUT2D eigenvalue weighted by Crippen LogP contribution is -2.49. The highest BCUT2D eigenvalue weighted by Crippen LogP contribution is 2.31. The molecule has 5 heteroatoms. The molecule has 0 bridgehead atoms. The van der Waals surface area contributed by atoms with Gasteiger partial charge in [-0.1, -0.05) is 22.0 Å². The third-order valence-electron chi connectivity index (χ3n) is 3.79. The first kappa shape index (κ1) is 15.3. The third-order valence-corrected chi connectivity index (χ3v) is 4.28. The summed E-state index contributed by atoms with van der Waals surface area (Å²) in [6, 6.07) is 8.21. The number of nitrogens with zero attached hydrogens (tertiary/aromatic N) is 1. The second-order valence-electron chi connectivity index (χ2n) is 5.41. The van der Waals surface area contributed by atoms with Gasteiger partial charge >= 0.3 is 5.97 Å². The molecule has 2 rings (SSSR count). The van der Waals surface area contributed by atoms with Crippen LogP contribution >= 0.6 is 15.9 Å². The van der Waals surface area contributed by atoms with E-state index < -0.39 is 5.54 Å². The molecule has 1 aromatic rings. The van der Waals surface area contributed by atoms with E-state index in [1.54, 1.807) is 0 Å². The van der Waals surface area contributed by atoms with Crippen molar-refractivity contribution in [1.82, 2.24) is 4.90 Å². The zero-order valence-electron chi connectivity index (χ0n) is 12.1. The molecule has 0 saturated carbocycles. The fourth-order valence-corrected chi connectivity index (χ4v) is 3.11. The number of hydrogen-bond donors (Lipinski definition) is 1. The summed E-state index contributed by atoms with van der Waals surface area (Å²) in [7, 11) is 2.04. The molecule has 1 heterocycles. The molecule has 4 nitrogen and oxygen atoms in total. The number of anilines is 1. The van der Waals surface area contributed by atoms with Gasteiger partial charge in [-0.05, 0) is 45.5 Å². The summed E-state index contributed by atoms with van der Waals surface area (Å²) in [6.45, 7) is 5.02. The predicted molar refractivity (Wildman–Crippen MR) is 83.8 cm³/mol. The van der Waals surface area contributed by atoms with E-state index in [1.807, 2.05) is 38.2 Å². The molecule has 0 aliphatic carbocycles. The minimum atomic E-state index is -0.662. The molecule has 1 N–H and O–H groups in total. The SMILES string of the molecule is CCOC(=O)C1(Nc2cccc(Br)c2)CC(C)N(C)C1. The Balaban J connectivity index is 2.26. The molecule has 1 aliphatic heterocycles. The average molecular weight is 341 g/mol. The van der Waals surface area contributed by atoms with E-state index >= 15 is 0 Å². The van der Waals surface area contributed by atoms with E-state index in [4.69, 9.17) is 4.74 Å². The van der Waals surface area contributed by atoms with E-state index in [2.05, 4.69) is 33.1 Å². The summed E-state index contributed by atoms with van der Waals surface area (Å²) >= 11 is 3.45. The molecule has 1 fully saturated rings. The summed E-state index contributed by atoms with van der Waals surface area (Å²) in [5.41, 5.74) is 0.264. The van der Waals surface area contributed by atoms with Crippen molar-refractivity contribution in [2.45, 2.75) is 31.8 Å². The van der Waals surface area contributed by atoms with Crippen molar-refractivity contribution in [1.29, 1.82) is 0 Å². The van der Waals surface area contributed by atoms with E-state index in [9.17, 15) is 4.79 Å². The van der Waals surface area contributed by atoms with Crippen LogP contribution in [0.25, 0.3) is 0 Å². The van der Waals surface area contributed by atoms with Gasteiger partial charge in [0.1, 0.15) is 5.54 Å². The summed E-state index contributed by atoms with van der Waals surface area (Å²) in [5, 5.41) is 3.39. The Kier molecular flexibility index (Phi) is 4.70. The van der Waals surface area contributed by atoms with Gasteiger partial charge < -0.3 is 15.0 Å². The number of nitrogens with one attached hydrogen (secondary N) is 1. The minimum absolute atomic E-state index is 0.170. The Morgan fingerprint density at radius 3 is 2.90 bits per heavy atom. The highest BCUT2D eigenvalue weighted by molar-refractivity contribution is 9.10. The fraction of sp³-hybridized carbons (Fsp3) is 0.533. The van der Waals surface area contributed by atoms with Crippen LogP contribution in [-0.4, -0.2) is 42.6 Å². The van der Waals surface area contributed by atoms with Crippen molar-refractivity contribution >= 4 is 27.6 Å². The highest BCUT2D eigenvalue weighted by atomic mass is 79.9. The van der Waals surface area contributed by atoms with Gasteiger partial charge in [0, 0.05) is 22.7 Å². The molecule has 2 unspecified atom stereocenters. The number of likely N-dealkylation sites (N-methyl/N-ethyl adjacent to an activating group) is 1. The van der Waals surface area contributed by atoms with Crippen molar-refractivity contribution in [3.05, 3.63) is 28.7 Å². The fourth-order valence-electron chi connectivity index (χ4n) is 2.71. The van der Waals surface area contributed by atoms with Crippen LogP contribution in [0.3, 0.4) is 0 Å². The molecule has 1 aliphatic rings. The zero-order chi connectivity index (χ0) is 14.8. The number of likely N-dealkylation sites (tertiary alicyclic amines) is 1. The molecule has 0 radical (unpaired) electrons. The Hall–Kier alpha value is -1.07. The number of carbonyl (C=O) groups excluding carboxylic acids is 1. The lowest BCUT2D eigenvalue weighted by atomic mass is 9.95. The van der Waals surface area contributed by atoms with E-state index in [0.717, 1.165) is 16.6 Å². The van der Waals surface area contributed by atoms with Gasteiger partial charge in [0.25, 0.3) is 0 Å². The number of rotatable bonds is 4. The molecule has 0 aromatic heterocycles. The normalized spacial score (nSPS) is 26.5. The van der Waals surface area contributed by atoms with Gasteiger partial charge in [0.2, 0.25) is 0 Å². The number of hydrogen-bond acceptors (Lipinski definition) is 4. The number of benzene rings is 1. The van der Waals surface area contributed by atoms with Gasteiger partial charge in [-0.15, -0.1) is 0 Å². The smallest absolute Gasteiger partial charge is 0.333 e. The van der Waals surface area contributed by atoms with Crippen LogP contribution in [0.5, 0.6) is 0 Å². The van der Waals surface area contributed by atoms with Crippen molar-refractivity contribution in [3.8, 4) is 0 Å². The minimum Gasteiger partial charge on any atom is -0.464 e. The first-order valence-corrected chi connectivity index (χ1v) is 7.67. The molecular formula is C15H21BrN2O2. The topological polar surface area (TPSA) is 41.6 Å². The standard InChI is InChI=1S/C15H21BrN2O2/c1-4-20-14(19)15(9-11(2)18(3)10-15)17-13-7-5-6-12(16)8-13/h5-8,11,17H,4,9-10H2,1-3H3. The van der Waals surface area contributed by atoms with Gasteiger partial charge in [0.05, 0.1) is 6.61 Å². The lowest BCUT2D eigenvalue weighted by molar-refractivity contribution is -0.148. The van der Waals surface area contributed by atoms with Crippen LogP contribution in [0, 0.1) is 0 Å². The predicted octanol–water partition coefficient (Wildman–Crippen LogP) is 2.89. The zero-order valence-corrected chi connectivity index (χ0v) is 13.7. The van der Waals surface area contributed by atoms with Crippen molar-refractivity contribution in [3.63, 3.8) is 0 Å². The maximum atomic E-state index is 12.4. The van der Waals surface area contributed by atoms with Crippen LogP contribution in [0.15, 0.2) is 28.7 Å². The number of esters is 1. The molecule has 2 atom stereocenters. The molecule has 1 aromatic carbocycles. The van der Waals surface area contributed by atoms with Gasteiger partial charge in [-0.2, -0.15) is 0 Å². The summed E-state index contributed by atoms with van der Waals surface area (Å²) < 4.78 is 6.28. The first-order chi connectivity index (χ1) is 9.47. The summed E-state index contributed by atoms with van der Waals surface area (Å²) in [5.74, 6) is -0.170. The monoisotopic (exact) mass is 340 g/mol. The maximum absolute atomic E-state index is 12.4. The van der Waals surface area contributed by atoms with E-state index in [0.29, 0.717) is 19.2 Å². The number of halogens is 1. The third kappa shape index (κ3) is 3.15. The van der Waals surface area contributed by atoms with Crippen molar-refractivity contribution in [2.24, 2.45) is 0 Å². The van der Waals surface area contributed by atoms with Crippen LogP contribution in [0.2, 0.25) is 0 Å².